The fourth-order valence-corrected chi connectivity index (χ4v) is 5.58. The number of aromatic nitrogens is 3. The van der Waals surface area contributed by atoms with Crippen molar-refractivity contribution >= 4 is 45.2 Å². The van der Waals surface area contributed by atoms with E-state index in [0.717, 1.165) is 27.7 Å². The number of Topliss-reactive ketones (excluding diaryl/α,β-unsaturated/α-hetero) is 2. The molecule has 5 rings (SSSR count). The lowest BCUT2D eigenvalue weighted by Crippen LogP contribution is -2.36. The molecule has 0 saturated heterocycles. The molecule has 1 aliphatic heterocycles. The number of halogens is 1. The van der Waals surface area contributed by atoms with E-state index in [4.69, 9.17) is 9.84 Å². The summed E-state index contributed by atoms with van der Waals surface area (Å²) in [6, 6.07) is 14.6. The Balaban J connectivity index is 1.44. The van der Waals surface area contributed by atoms with Crippen molar-refractivity contribution in [2.45, 2.75) is 37.9 Å². The first-order valence-electron chi connectivity index (χ1n) is 11.3. The van der Waals surface area contributed by atoms with Crippen molar-refractivity contribution < 1.29 is 14.3 Å². The lowest BCUT2D eigenvalue weighted by Gasteiger charge is -2.38. The van der Waals surface area contributed by atoms with E-state index >= 15 is 0 Å². The SMILES string of the molecule is COc1ccc(C(=O)CSc2nc3n(n2)C(c2ccc(Br)cc2)C2=C(CC(C)(C)CC2=O)N3)cc1. The molecule has 0 saturated carbocycles. The van der Waals surface area contributed by atoms with E-state index in [2.05, 4.69) is 40.1 Å². The van der Waals surface area contributed by atoms with E-state index in [1.54, 1.807) is 36.1 Å². The highest BCUT2D eigenvalue weighted by atomic mass is 79.9. The third-order valence-corrected chi connectivity index (χ3v) is 7.61. The molecule has 2 aromatic carbocycles. The minimum Gasteiger partial charge on any atom is -0.497 e. The van der Waals surface area contributed by atoms with Crippen LogP contribution in [0, 0.1) is 5.41 Å². The van der Waals surface area contributed by atoms with Gasteiger partial charge < -0.3 is 10.1 Å². The van der Waals surface area contributed by atoms with Crippen LogP contribution >= 0.6 is 27.7 Å². The number of ketones is 2. The van der Waals surface area contributed by atoms with Crippen LogP contribution in [0.15, 0.2) is 69.4 Å². The van der Waals surface area contributed by atoms with Crippen LogP contribution < -0.4 is 10.1 Å². The van der Waals surface area contributed by atoms with Crippen LogP contribution in [0.4, 0.5) is 5.95 Å². The number of methoxy groups -OCH3 is 1. The van der Waals surface area contributed by atoms with Gasteiger partial charge in [0.1, 0.15) is 11.8 Å². The lowest BCUT2D eigenvalue weighted by molar-refractivity contribution is -0.118. The van der Waals surface area contributed by atoms with Gasteiger partial charge in [-0.1, -0.05) is 53.7 Å². The van der Waals surface area contributed by atoms with Gasteiger partial charge in [0.2, 0.25) is 11.1 Å². The molecule has 180 valence electrons. The highest BCUT2D eigenvalue weighted by molar-refractivity contribution is 9.10. The monoisotopic (exact) mass is 552 g/mol. The van der Waals surface area contributed by atoms with Gasteiger partial charge in [0.15, 0.2) is 11.6 Å². The van der Waals surface area contributed by atoms with Crippen LogP contribution in [0.5, 0.6) is 5.75 Å². The van der Waals surface area contributed by atoms with E-state index in [0.29, 0.717) is 28.8 Å². The zero-order valence-corrected chi connectivity index (χ0v) is 22.1. The van der Waals surface area contributed by atoms with E-state index in [1.165, 1.54) is 11.8 Å². The number of ether oxygens (including phenoxy) is 1. The second-order valence-electron chi connectivity index (χ2n) is 9.52. The molecule has 1 unspecified atom stereocenters. The van der Waals surface area contributed by atoms with Crippen LogP contribution in [0.25, 0.3) is 0 Å². The molecule has 0 spiro atoms. The normalized spacial score (nSPS) is 18.5. The summed E-state index contributed by atoms with van der Waals surface area (Å²) in [7, 11) is 1.59. The summed E-state index contributed by atoms with van der Waals surface area (Å²) >= 11 is 4.78. The Kier molecular flexibility index (Phi) is 6.31. The predicted molar refractivity (Wildman–Crippen MR) is 139 cm³/mol. The zero-order valence-electron chi connectivity index (χ0n) is 19.7. The number of carbonyl (C=O) groups excluding carboxylic acids is 2. The van der Waals surface area contributed by atoms with E-state index in [1.807, 2.05) is 24.3 Å². The maximum Gasteiger partial charge on any atom is 0.227 e. The third-order valence-electron chi connectivity index (χ3n) is 6.24. The molecule has 2 heterocycles. The molecule has 7 nitrogen and oxygen atoms in total. The lowest BCUT2D eigenvalue weighted by atomic mass is 9.73. The molecule has 35 heavy (non-hydrogen) atoms. The number of fused-ring (bicyclic) bond motifs is 1. The first-order chi connectivity index (χ1) is 16.7. The smallest absolute Gasteiger partial charge is 0.227 e. The molecular weight excluding hydrogens is 528 g/mol. The van der Waals surface area contributed by atoms with Crippen LogP contribution in [0.1, 0.15) is 48.7 Å². The molecule has 0 fully saturated rings. The molecule has 2 aliphatic rings. The quantitative estimate of drug-likeness (QED) is 0.311. The topological polar surface area (TPSA) is 86.1 Å². The summed E-state index contributed by atoms with van der Waals surface area (Å²) in [6.45, 7) is 4.22. The standard InChI is InChI=1S/C26H25BrN4O3S/c1-26(2)12-19-22(20(32)13-26)23(16-4-8-17(27)9-5-16)31-24(28-19)29-25(30-31)35-14-21(33)15-6-10-18(34-3)11-7-15/h4-11,23H,12-14H2,1-3H3,(H,28,29,30). The number of allylic oxidation sites excluding steroid dienone is 2. The van der Waals surface area contributed by atoms with Gasteiger partial charge in [-0.15, -0.1) is 5.10 Å². The molecule has 3 aromatic rings. The van der Waals surface area contributed by atoms with Gasteiger partial charge in [-0.25, -0.2) is 4.68 Å². The first kappa shape index (κ1) is 23.8. The van der Waals surface area contributed by atoms with Gasteiger partial charge in [0.25, 0.3) is 0 Å². The van der Waals surface area contributed by atoms with Crippen molar-refractivity contribution in [3.63, 3.8) is 0 Å². The zero-order chi connectivity index (χ0) is 24.7. The van der Waals surface area contributed by atoms with Gasteiger partial charge >= 0.3 is 0 Å². The highest BCUT2D eigenvalue weighted by Crippen LogP contribution is 2.45. The average molecular weight is 553 g/mol. The number of carbonyl (C=O) groups is 2. The van der Waals surface area contributed by atoms with Gasteiger partial charge in [-0.3, -0.25) is 9.59 Å². The maximum absolute atomic E-state index is 13.3. The van der Waals surface area contributed by atoms with Crippen LogP contribution in [0.2, 0.25) is 0 Å². The number of nitrogens with zero attached hydrogens (tertiary/aromatic N) is 3. The van der Waals surface area contributed by atoms with Crippen molar-refractivity contribution in [1.29, 1.82) is 0 Å². The summed E-state index contributed by atoms with van der Waals surface area (Å²) in [6.07, 6.45) is 1.24. The fraction of sp³-hybridized carbons (Fsp3) is 0.308. The second kappa shape index (κ2) is 9.28. The van der Waals surface area contributed by atoms with Crippen molar-refractivity contribution in [3.8, 4) is 5.75 Å². The van der Waals surface area contributed by atoms with Crippen LogP contribution in [-0.2, 0) is 4.79 Å². The number of hydrogen-bond donors (Lipinski definition) is 1. The summed E-state index contributed by atoms with van der Waals surface area (Å²) < 4.78 is 7.90. The Morgan fingerprint density at radius 2 is 1.89 bits per heavy atom. The number of benzene rings is 2. The molecule has 0 amide bonds. The molecule has 1 aromatic heterocycles. The predicted octanol–water partition coefficient (Wildman–Crippen LogP) is 5.68. The Labute approximate surface area is 216 Å². The summed E-state index contributed by atoms with van der Waals surface area (Å²) in [5.74, 6) is 1.61. The number of hydrogen-bond acceptors (Lipinski definition) is 7. The fourth-order valence-electron chi connectivity index (χ4n) is 4.59. The minimum absolute atomic E-state index is 0.0165. The largest absolute Gasteiger partial charge is 0.497 e. The number of nitrogens with one attached hydrogen (secondary N) is 1. The van der Waals surface area contributed by atoms with Gasteiger partial charge in [-0.2, -0.15) is 4.98 Å². The number of rotatable bonds is 6. The Morgan fingerprint density at radius 1 is 1.17 bits per heavy atom. The third kappa shape index (κ3) is 4.79. The summed E-state index contributed by atoms with van der Waals surface area (Å²) in [5, 5.41) is 8.59. The molecule has 1 atom stereocenters. The summed E-state index contributed by atoms with van der Waals surface area (Å²) in [4.78, 5) is 30.7. The van der Waals surface area contributed by atoms with Crippen molar-refractivity contribution in [2.75, 3.05) is 18.2 Å². The second-order valence-corrected chi connectivity index (χ2v) is 11.4. The summed E-state index contributed by atoms with van der Waals surface area (Å²) in [5.41, 5.74) is 3.10. The molecule has 0 radical (unpaired) electrons. The van der Waals surface area contributed by atoms with Crippen molar-refractivity contribution in [3.05, 3.63) is 75.4 Å². The maximum atomic E-state index is 13.3. The molecule has 1 N–H and O–H groups in total. The Hall–Kier alpha value is -2.91. The molecule has 1 aliphatic carbocycles. The highest BCUT2D eigenvalue weighted by Gasteiger charge is 2.41. The molecule has 9 heteroatoms. The first-order valence-corrected chi connectivity index (χ1v) is 13.1. The van der Waals surface area contributed by atoms with Crippen molar-refractivity contribution in [1.82, 2.24) is 14.8 Å². The average Bonchev–Trinajstić information content (AvgIpc) is 3.23. The van der Waals surface area contributed by atoms with E-state index in [-0.39, 0.29) is 28.8 Å². The van der Waals surface area contributed by atoms with Gasteiger partial charge in [0, 0.05) is 27.7 Å². The number of thioether (sulfide) groups is 1. The van der Waals surface area contributed by atoms with E-state index < -0.39 is 0 Å². The van der Waals surface area contributed by atoms with E-state index in [9.17, 15) is 9.59 Å². The van der Waals surface area contributed by atoms with Crippen LogP contribution in [0.3, 0.4) is 0 Å². The Morgan fingerprint density at radius 3 is 2.57 bits per heavy atom. The minimum atomic E-state index is -0.364. The Bertz CT molecular complexity index is 1330. The molecule has 0 bridgehead atoms. The van der Waals surface area contributed by atoms with Gasteiger partial charge in [0.05, 0.1) is 12.9 Å². The molecular formula is C26H25BrN4O3S. The number of anilines is 1. The van der Waals surface area contributed by atoms with Crippen LogP contribution in [-0.4, -0.2) is 39.2 Å². The van der Waals surface area contributed by atoms with Gasteiger partial charge in [-0.05, 0) is 53.8 Å². The van der Waals surface area contributed by atoms with Crippen molar-refractivity contribution in [2.24, 2.45) is 5.41 Å².